The molecular formula is C23H25N7O4. The molecule has 0 amide bonds. The molecule has 1 N–H and O–H groups in total. The van der Waals surface area contributed by atoms with Crippen LogP contribution in [0.3, 0.4) is 0 Å². The number of piperidine rings is 1. The van der Waals surface area contributed by atoms with Crippen molar-refractivity contribution in [1.29, 1.82) is 0 Å². The molecule has 3 heterocycles. The van der Waals surface area contributed by atoms with E-state index in [0.717, 1.165) is 25.9 Å². The second-order valence-electron chi connectivity index (χ2n) is 8.77. The predicted molar refractivity (Wildman–Crippen MR) is 128 cm³/mol. The van der Waals surface area contributed by atoms with Gasteiger partial charge in [-0.25, -0.2) is 9.31 Å². The van der Waals surface area contributed by atoms with Crippen LogP contribution in [0.4, 0.5) is 22.7 Å². The molecule has 0 radical (unpaired) electrons. The predicted octanol–water partition coefficient (Wildman–Crippen LogP) is 3.91. The third-order valence-corrected chi connectivity index (χ3v) is 6.49. The number of fused-ring (bicyclic) bond motifs is 1. The quantitative estimate of drug-likeness (QED) is 0.349. The van der Waals surface area contributed by atoms with Gasteiger partial charge in [0.05, 0.1) is 22.0 Å². The van der Waals surface area contributed by atoms with Crippen molar-refractivity contribution in [2.75, 3.05) is 23.3 Å². The third-order valence-electron chi connectivity index (χ3n) is 6.49. The maximum atomic E-state index is 13.4. The van der Waals surface area contributed by atoms with Crippen LogP contribution in [0.1, 0.15) is 25.5 Å². The fourth-order valence-electron chi connectivity index (χ4n) is 4.69. The molecule has 1 fully saturated rings. The molecule has 2 aromatic carbocycles. The molecule has 0 saturated carbocycles. The number of nitro groups is 1. The molecule has 176 valence electrons. The average Bonchev–Trinajstić information content (AvgIpc) is 3.38. The van der Waals surface area contributed by atoms with E-state index in [1.807, 2.05) is 30.3 Å². The van der Waals surface area contributed by atoms with Gasteiger partial charge in [0, 0.05) is 20.1 Å². The summed E-state index contributed by atoms with van der Waals surface area (Å²) in [6.45, 7) is 5.56. The van der Waals surface area contributed by atoms with Crippen LogP contribution in [-0.4, -0.2) is 37.7 Å². The molecule has 34 heavy (non-hydrogen) atoms. The highest BCUT2D eigenvalue weighted by atomic mass is 16.6. The van der Waals surface area contributed by atoms with E-state index in [4.69, 9.17) is 4.63 Å². The Kier molecular flexibility index (Phi) is 5.31. The summed E-state index contributed by atoms with van der Waals surface area (Å²) < 4.78 is 8.16. The molecule has 4 aromatic rings. The molecule has 11 nitrogen and oxygen atoms in total. The van der Waals surface area contributed by atoms with Crippen LogP contribution in [-0.2, 0) is 7.05 Å². The van der Waals surface area contributed by atoms with Gasteiger partial charge < -0.3 is 10.2 Å². The Morgan fingerprint density at radius 2 is 1.94 bits per heavy atom. The van der Waals surface area contributed by atoms with Crippen molar-refractivity contribution >= 4 is 33.8 Å². The minimum atomic E-state index is -0.522. The zero-order valence-electron chi connectivity index (χ0n) is 19.2. The molecule has 1 saturated heterocycles. The van der Waals surface area contributed by atoms with E-state index in [2.05, 4.69) is 27.5 Å². The molecule has 2 aromatic heterocycles. The van der Waals surface area contributed by atoms with Crippen molar-refractivity contribution in [3.63, 3.8) is 0 Å². The smallest absolute Gasteiger partial charge is 0.324 e. The van der Waals surface area contributed by atoms with Gasteiger partial charge in [-0.1, -0.05) is 25.1 Å². The molecule has 0 unspecified atom stereocenters. The maximum Gasteiger partial charge on any atom is 0.324 e. The fourth-order valence-corrected chi connectivity index (χ4v) is 4.69. The first-order chi connectivity index (χ1) is 16.4. The Bertz CT molecular complexity index is 1440. The van der Waals surface area contributed by atoms with Crippen molar-refractivity contribution in [2.24, 2.45) is 13.0 Å². The Morgan fingerprint density at radius 1 is 1.21 bits per heavy atom. The summed E-state index contributed by atoms with van der Waals surface area (Å²) in [5, 5.41) is 23.0. The standard InChI is InChI=1S/C23H25N7O4/c1-14-8-7-11-28(13-14)18-12-17(22(30(32)33)21-20(18)25-34-26-21)24-19-15(2)27(3)29(23(19)31)16-9-5-4-6-10-16/h4-6,9-10,12,14,24H,7-8,11,13H2,1-3H3/t14-/m0/s1. The second kappa shape index (κ2) is 8.32. The van der Waals surface area contributed by atoms with Gasteiger partial charge in [-0.15, -0.1) is 0 Å². The number of nitro benzene ring substituents is 1. The molecule has 0 bridgehead atoms. The van der Waals surface area contributed by atoms with Crippen LogP contribution in [0.15, 0.2) is 45.8 Å². The Hall–Kier alpha value is -4.15. The normalized spacial score (nSPS) is 16.2. The molecule has 5 rings (SSSR count). The summed E-state index contributed by atoms with van der Waals surface area (Å²) in [4.78, 5) is 27.1. The number of hydrogen-bond donors (Lipinski definition) is 1. The lowest BCUT2D eigenvalue weighted by Crippen LogP contribution is -2.34. The Balaban J connectivity index is 1.67. The minimum absolute atomic E-state index is 0.0557. The van der Waals surface area contributed by atoms with Crippen LogP contribution in [0.2, 0.25) is 0 Å². The van der Waals surface area contributed by atoms with Crippen molar-refractivity contribution < 1.29 is 9.55 Å². The van der Waals surface area contributed by atoms with E-state index < -0.39 is 4.92 Å². The second-order valence-corrected chi connectivity index (χ2v) is 8.77. The SMILES string of the molecule is Cc1c(Nc2cc(N3CCC[C@H](C)C3)c3nonc3c2[N+](=O)[O-])c(=O)n(-c2ccccc2)n1C. The highest BCUT2D eigenvalue weighted by Gasteiger charge is 2.30. The summed E-state index contributed by atoms with van der Waals surface area (Å²) in [6, 6.07) is 10.9. The van der Waals surface area contributed by atoms with E-state index in [-0.39, 0.29) is 28.1 Å². The fraction of sp³-hybridized carbons (Fsp3) is 0.348. The van der Waals surface area contributed by atoms with Gasteiger partial charge in [-0.3, -0.25) is 19.6 Å². The van der Waals surface area contributed by atoms with Crippen LogP contribution in [0, 0.1) is 23.0 Å². The van der Waals surface area contributed by atoms with Gasteiger partial charge in [0.25, 0.3) is 5.56 Å². The largest absolute Gasteiger partial charge is 0.369 e. The van der Waals surface area contributed by atoms with Crippen molar-refractivity contribution in [3.8, 4) is 5.69 Å². The zero-order valence-corrected chi connectivity index (χ0v) is 19.2. The van der Waals surface area contributed by atoms with E-state index in [1.54, 1.807) is 24.7 Å². The molecule has 0 spiro atoms. The first-order valence-electron chi connectivity index (χ1n) is 11.2. The van der Waals surface area contributed by atoms with Crippen molar-refractivity contribution in [2.45, 2.75) is 26.7 Å². The number of nitrogens with zero attached hydrogens (tertiary/aromatic N) is 6. The first kappa shape index (κ1) is 21.7. The van der Waals surface area contributed by atoms with E-state index in [9.17, 15) is 14.9 Å². The lowest BCUT2D eigenvalue weighted by Gasteiger charge is -2.32. The number of rotatable bonds is 5. The topological polar surface area (TPSA) is 124 Å². The van der Waals surface area contributed by atoms with Gasteiger partial charge in [0.15, 0.2) is 5.52 Å². The van der Waals surface area contributed by atoms with Crippen LogP contribution in [0.5, 0.6) is 0 Å². The van der Waals surface area contributed by atoms with E-state index in [0.29, 0.717) is 28.5 Å². The molecular weight excluding hydrogens is 438 g/mol. The summed E-state index contributed by atoms with van der Waals surface area (Å²) >= 11 is 0. The maximum absolute atomic E-state index is 13.4. The van der Waals surface area contributed by atoms with Gasteiger partial charge in [-0.05, 0) is 54.2 Å². The lowest BCUT2D eigenvalue weighted by molar-refractivity contribution is -0.382. The molecule has 0 aliphatic carbocycles. The number of hydrogen-bond acceptors (Lipinski definition) is 8. The molecule has 1 atom stereocenters. The number of benzene rings is 2. The number of aromatic nitrogens is 4. The number of para-hydroxylation sites is 1. The average molecular weight is 463 g/mol. The van der Waals surface area contributed by atoms with E-state index >= 15 is 0 Å². The lowest BCUT2D eigenvalue weighted by atomic mass is 9.99. The number of nitrogens with one attached hydrogen (secondary N) is 1. The monoisotopic (exact) mass is 463 g/mol. The third kappa shape index (κ3) is 3.49. The first-order valence-corrected chi connectivity index (χ1v) is 11.2. The Labute approximate surface area is 194 Å². The van der Waals surface area contributed by atoms with Crippen molar-refractivity contribution in [1.82, 2.24) is 19.7 Å². The summed E-state index contributed by atoms with van der Waals surface area (Å²) in [7, 11) is 1.77. The van der Waals surface area contributed by atoms with Gasteiger partial charge in [-0.2, -0.15) is 0 Å². The number of anilines is 3. The summed E-state index contributed by atoms with van der Waals surface area (Å²) in [5.74, 6) is 0.477. The van der Waals surface area contributed by atoms with Gasteiger partial charge in [0.2, 0.25) is 5.52 Å². The van der Waals surface area contributed by atoms with Gasteiger partial charge in [0.1, 0.15) is 11.4 Å². The van der Waals surface area contributed by atoms with Crippen LogP contribution < -0.4 is 15.8 Å². The van der Waals surface area contributed by atoms with Crippen LogP contribution >= 0.6 is 0 Å². The highest BCUT2D eigenvalue weighted by Crippen LogP contribution is 2.40. The highest BCUT2D eigenvalue weighted by molar-refractivity contribution is 6.00. The minimum Gasteiger partial charge on any atom is -0.369 e. The summed E-state index contributed by atoms with van der Waals surface area (Å²) in [5.41, 5.74) is 2.27. The molecule has 11 heteroatoms. The Morgan fingerprint density at radius 3 is 2.65 bits per heavy atom. The molecule has 1 aliphatic rings. The molecule has 1 aliphatic heterocycles. The van der Waals surface area contributed by atoms with Crippen LogP contribution in [0.25, 0.3) is 16.7 Å². The zero-order chi connectivity index (χ0) is 24.0. The van der Waals surface area contributed by atoms with Gasteiger partial charge >= 0.3 is 5.69 Å². The summed E-state index contributed by atoms with van der Waals surface area (Å²) in [6.07, 6.45) is 2.13. The van der Waals surface area contributed by atoms with Crippen molar-refractivity contribution in [3.05, 3.63) is 62.6 Å². The van der Waals surface area contributed by atoms with E-state index in [1.165, 1.54) is 4.68 Å².